The van der Waals surface area contributed by atoms with Gasteiger partial charge in [-0.1, -0.05) is 0 Å². The van der Waals surface area contributed by atoms with Crippen LogP contribution in [0.2, 0.25) is 0 Å². The minimum absolute atomic E-state index is 1.10. The molecule has 0 radical (unpaired) electrons. The zero-order chi connectivity index (χ0) is 9.49. The van der Waals surface area contributed by atoms with E-state index >= 15 is 0 Å². The van der Waals surface area contributed by atoms with Crippen LogP contribution in [0, 0.1) is 0 Å². The van der Waals surface area contributed by atoms with E-state index in [1.165, 1.54) is 30.4 Å². The second kappa shape index (κ2) is 7.10. The van der Waals surface area contributed by atoms with Gasteiger partial charge in [0.25, 0.3) is 0 Å². The molecule has 68 valence electrons. The van der Waals surface area contributed by atoms with Gasteiger partial charge in [0.1, 0.15) is 0 Å². The number of rotatable bonds is 2. The molecule has 0 aliphatic heterocycles. The maximum atomic E-state index is 9.89. The van der Waals surface area contributed by atoms with E-state index in [1.807, 2.05) is 7.05 Å². The van der Waals surface area contributed by atoms with Gasteiger partial charge in [0.2, 0.25) is 10.0 Å². The van der Waals surface area contributed by atoms with Gasteiger partial charge in [0, 0.05) is 0 Å². The van der Waals surface area contributed by atoms with Crippen LogP contribution in [0.5, 0.6) is 0 Å². The van der Waals surface area contributed by atoms with Crippen LogP contribution in [0.3, 0.4) is 0 Å². The molecule has 0 aromatic carbocycles. The predicted molar refractivity (Wildman–Crippen MR) is 43.6 cm³/mol. The Morgan fingerprint density at radius 3 is 1.55 bits per heavy atom. The van der Waals surface area contributed by atoms with Gasteiger partial charge in [-0.15, -0.1) is 0 Å². The number of sulfonamides is 1. The summed E-state index contributed by atoms with van der Waals surface area (Å²) in [7, 11) is 0.391. The molecule has 0 heterocycles. The Labute approximate surface area is 79.2 Å². The molecule has 0 atom stereocenters. The van der Waals surface area contributed by atoms with Gasteiger partial charge < -0.3 is 0 Å². The Bertz CT molecular complexity index is 201. The molecule has 0 spiro atoms. The topological polar surface area (TPSA) is 58.2 Å². The van der Waals surface area contributed by atoms with Crippen LogP contribution in [-0.2, 0) is 29.4 Å². The maximum absolute atomic E-state index is 9.89. The Hall–Kier alpha value is 0.428. The van der Waals surface area contributed by atoms with Crippen molar-refractivity contribution in [3.8, 4) is 0 Å². The van der Waals surface area contributed by atoms with E-state index in [1.54, 1.807) is 0 Å². The van der Waals surface area contributed by atoms with E-state index in [-0.39, 0.29) is 0 Å². The first-order valence-electron chi connectivity index (χ1n) is 2.90. The zero-order valence-corrected chi connectivity index (χ0v) is 10.9. The van der Waals surface area contributed by atoms with Gasteiger partial charge in [0.05, 0.1) is 6.26 Å². The Morgan fingerprint density at radius 2 is 1.55 bits per heavy atom. The molecular formula is C5H14N2O2SW. The molecule has 0 amide bonds. The second-order valence-electron chi connectivity index (χ2n) is 1.78. The summed E-state index contributed by atoms with van der Waals surface area (Å²) >= 11 is 1.52. The summed E-state index contributed by atoms with van der Waals surface area (Å²) in [6.45, 7) is 2.06. The van der Waals surface area contributed by atoms with E-state index in [2.05, 4.69) is 17.0 Å². The fourth-order valence-electron chi connectivity index (χ4n) is 0. The molecule has 0 saturated carbocycles. The van der Waals surface area contributed by atoms with E-state index in [9.17, 15) is 8.42 Å². The number of nitrogens with one attached hydrogen (secondary N) is 2. The van der Waals surface area contributed by atoms with Crippen molar-refractivity contribution in [3.05, 3.63) is 0 Å². The number of hydrogen-bond donors (Lipinski definition) is 2. The molecular weight excluding hydrogens is 336 g/mol. The summed E-state index contributed by atoms with van der Waals surface area (Å²) < 4.78 is 23.2. The third-order valence-electron chi connectivity index (χ3n) is 0.723. The average molecular weight is 350 g/mol. The van der Waals surface area contributed by atoms with Crippen LogP contribution >= 0.6 is 0 Å². The van der Waals surface area contributed by atoms with Crippen LogP contribution in [0.25, 0.3) is 0 Å². The van der Waals surface area contributed by atoms with Gasteiger partial charge in [-0.25, -0.2) is 13.1 Å². The quantitative estimate of drug-likeness (QED) is 0.677. The first-order chi connectivity index (χ1) is 4.83. The SMILES string of the molecule is CNS(C)(=O)=O.CN[C](C)=[W]. The molecule has 0 aliphatic carbocycles. The first-order valence-corrected chi connectivity index (χ1v) is 6.26. The molecule has 0 aromatic heterocycles. The van der Waals surface area contributed by atoms with Gasteiger partial charge >= 0.3 is 42.7 Å². The fraction of sp³-hybridized carbons (Fsp3) is 0.800. The van der Waals surface area contributed by atoms with Gasteiger partial charge in [-0.2, -0.15) is 0 Å². The number of hydrogen-bond acceptors (Lipinski definition) is 3. The van der Waals surface area contributed by atoms with Gasteiger partial charge in [-0.3, -0.25) is 0 Å². The summed E-state index contributed by atoms with van der Waals surface area (Å²) in [6, 6.07) is 0. The van der Waals surface area contributed by atoms with Crippen molar-refractivity contribution in [2.24, 2.45) is 0 Å². The van der Waals surface area contributed by atoms with E-state index in [0.29, 0.717) is 0 Å². The molecule has 2 N–H and O–H groups in total. The second-order valence-corrected chi connectivity index (χ2v) is 5.94. The average Bonchev–Trinajstić information content (AvgIpc) is 1.88. The first kappa shape index (κ1) is 14.0. The molecule has 0 aliphatic rings. The van der Waals surface area contributed by atoms with Crippen LogP contribution in [-0.4, -0.2) is 32.8 Å². The monoisotopic (exact) mass is 350 g/mol. The summed E-state index contributed by atoms with van der Waals surface area (Å²) in [6.07, 6.45) is 1.10. The summed E-state index contributed by atoms with van der Waals surface area (Å²) in [5, 5.41) is 2.98. The third-order valence-corrected chi connectivity index (χ3v) is 2.20. The van der Waals surface area contributed by atoms with E-state index in [0.717, 1.165) is 6.26 Å². The van der Waals surface area contributed by atoms with Crippen molar-refractivity contribution < 1.29 is 27.8 Å². The van der Waals surface area contributed by atoms with Gasteiger partial charge in [0.15, 0.2) is 0 Å². The van der Waals surface area contributed by atoms with Crippen LogP contribution < -0.4 is 10.0 Å². The molecule has 0 rings (SSSR count). The van der Waals surface area contributed by atoms with Crippen LogP contribution in [0.1, 0.15) is 6.92 Å². The third kappa shape index (κ3) is 25.1. The van der Waals surface area contributed by atoms with Crippen molar-refractivity contribution in [3.63, 3.8) is 0 Å². The molecule has 0 unspecified atom stereocenters. The van der Waals surface area contributed by atoms with Crippen LogP contribution in [0.15, 0.2) is 0 Å². The van der Waals surface area contributed by atoms with E-state index < -0.39 is 10.0 Å². The summed E-state index contributed by atoms with van der Waals surface area (Å²) in [4.78, 5) is 0. The summed E-state index contributed by atoms with van der Waals surface area (Å²) in [5.74, 6) is 0. The Kier molecular flexibility index (Phi) is 9.02. The molecule has 6 heteroatoms. The van der Waals surface area contributed by atoms with Crippen molar-refractivity contribution >= 4 is 14.0 Å². The van der Waals surface area contributed by atoms with Crippen molar-refractivity contribution in [2.45, 2.75) is 6.92 Å². The molecule has 4 nitrogen and oxygen atoms in total. The molecule has 0 saturated heterocycles. The molecule has 0 aromatic rings. The van der Waals surface area contributed by atoms with Crippen LogP contribution in [0.4, 0.5) is 0 Å². The minimum atomic E-state index is -2.91. The fourth-order valence-corrected chi connectivity index (χ4v) is 0. The van der Waals surface area contributed by atoms with E-state index in [4.69, 9.17) is 0 Å². The predicted octanol–water partition coefficient (Wildman–Crippen LogP) is -0.932. The normalized spacial score (nSPS) is 9.82. The Morgan fingerprint density at radius 1 is 1.36 bits per heavy atom. The molecule has 0 fully saturated rings. The van der Waals surface area contributed by atoms with Crippen molar-refractivity contribution in [1.82, 2.24) is 10.0 Å². The van der Waals surface area contributed by atoms with Crippen molar-refractivity contribution in [2.75, 3.05) is 20.4 Å². The summed E-state index contributed by atoms with van der Waals surface area (Å²) in [5.41, 5.74) is 0. The Balaban J connectivity index is 0. The zero-order valence-electron chi connectivity index (χ0n) is 7.13. The van der Waals surface area contributed by atoms with Gasteiger partial charge in [-0.05, 0) is 7.05 Å². The molecule has 11 heavy (non-hydrogen) atoms. The molecule has 0 bridgehead atoms. The standard InChI is InChI=1S/C3H7N.C2H7NO2S.W/c1-3-4-2;1-3-6(2,4)5;/h4H,1-2H3;3H,1-2H3;. The van der Waals surface area contributed by atoms with Crippen molar-refractivity contribution in [1.29, 1.82) is 0 Å².